The highest BCUT2D eigenvalue weighted by atomic mass is 16.5. The number of hydrogen-bond donors (Lipinski definition) is 2. The largest absolute Gasteiger partial charge is 0.497 e. The molecule has 5 heteroatoms. The Labute approximate surface area is 120 Å². The van der Waals surface area contributed by atoms with Crippen molar-refractivity contribution < 1.29 is 14.6 Å². The smallest absolute Gasteiger partial charge is 0.119 e. The third-order valence-electron chi connectivity index (χ3n) is 3.64. The molecule has 0 bridgehead atoms. The average molecular weight is 280 g/mol. The summed E-state index contributed by atoms with van der Waals surface area (Å²) in [6.07, 6.45) is 0. The first-order chi connectivity index (χ1) is 9.72. The van der Waals surface area contributed by atoms with E-state index in [2.05, 4.69) is 17.1 Å². The molecule has 2 unspecified atom stereocenters. The van der Waals surface area contributed by atoms with Crippen molar-refractivity contribution in [2.24, 2.45) is 0 Å². The number of ether oxygens (including phenoxy) is 2. The number of aliphatic hydroxyl groups is 1. The third kappa shape index (κ3) is 4.10. The van der Waals surface area contributed by atoms with Crippen LogP contribution in [0.4, 0.5) is 0 Å². The second kappa shape index (κ2) is 7.47. The summed E-state index contributed by atoms with van der Waals surface area (Å²) in [5.74, 6) is 1.67. The minimum Gasteiger partial charge on any atom is -0.497 e. The molecule has 112 valence electrons. The van der Waals surface area contributed by atoms with Gasteiger partial charge in [-0.25, -0.2) is 0 Å². The number of nitrogens with zero attached hydrogens (tertiary/aromatic N) is 1. The van der Waals surface area contributed by atoms with Crippen LogP contribution in [-0.2, 0) is 0 Å². The van der Waals surface area contributed by atoms with E-state index in [-0.39, 0.29) is 12.6 Å². The minimum absolute atomic E-state index is 0.183. The van der Waals surface area contributed by atoms with Crippen LogP contribution in [0.25, 0.3) is 0 Å². The maximum atomic E-state index is 9.39. The predicted octanol–water partition coefficient (Wildman–Crippen LogP) is 0.729. The first-order valence-electron chi connectivity index (χ1n) is 7.08. The molecular formula is C15H24N2O3. The average Bonchev–Trinajstić information content (AvgIpc) is 2.48. The zero-order valence-corrected chi connectivity index (χ0v) is 12.2. The van der Waals surface area contributed by atoms with Gasteiger partial charge in [0, 0.05) is 31.7 Å². The molecule has 1 aliphatic heterocycles. The van der Waals surface area contributed by atoms with Crippen molar-refractivity contribution in [1.29, 1.82) is 0 Å². The van der Waals surface area contributed by atoms with Gasteiger partial charge >= 0.3 is 0 Å². The lowest BCUT2D eigenvalue weighted by Crippen LogP contribution is -2.57. The van der Waals surface area contributed by atoms with Gasteiger partial charge in [0.2, 0.25) is 0 Å². The molecule has 0 saturated carbocycles. The van der Waals surface area contributed by atoms with Gasteiger partial charge in [-0.1, -0.05) is 0 Å². The number of methoxy groups -OCH3 is 1. The van der Waals surface area contributed by atoms with Gasteiger partial charge in [0.25, 0.3) is 0 Å². The second-order valence-corrected chi connectivity index (χ2v) is 5.16. The van der Waals surface area contributed by atoms with Crippen molar-refractivity contribution in [3.63, 3.8) is 0 Å². The maximum Gasteiger partial charge on any atom is 0.119 e. The van der Waals surface area contributed by atoms with E-state index in [4.69, 9.17) is 9.47 Å². The maximum absolute atomic E-state index is 9.39. The summed E-state index contributed by atoms with van der Waals surface area (Å²) >= 11 is 0. The fourth-order valence-electron chi connectivity index (χ4n) is 2.44. The van der Waals surface area contributed by atoms with Crippen LogP contribution < -0.4 is 14.8 Å². The molecule has 2 N–H and O–H groups in total. The quantitative estimate of drug-likeness (QED) is 0.804. The Kier molecular flexibility index (Phi) is 5.64. The Morgan fingerprint density at radius 1 is 1.30 bits per heavy atom. The summed E-state index contributed by atoms with van der Waals surface area (Å²) in [7, 11) is 1.65. The Hall–Kier alpha value is -1.30. The fourth-order valence-corrected chi connectivity index (χ4v) is 2.44. The van der Waals surface area contributed by atoms with Gasteiger partial charge < -0.3 is 19.9 Å². The van der Waals surface area contributed by atoms with Crippen LogP contribution in [0, 0.1) is 0 Å². The van der Waals surface area contributed by atoms with Crippen molar-refractivity contribution in [1.82, 2.24) is 10.2 Å². The summed E-state index contributed by atoms with van der Waals surface area (Å²) in [4.78, 5) is 2.28. The molecule has 1 fully saturated rings. The first kappa shape index (κ1) is 15.1. The van der Waals surface area contributed by atoms with Gasteiger partial charge in [-0.2, -0.15) is 0 Å². The summed E-state index contributed by atoms with van der Waals surface area (Å²) in [5, 5.41) is 12.8. The molecule has 1 aromatic carbocycles. The Bertz CT molecular complexity index is 397. The molecule has 1 aromatic rings. The van der Waals surface area contributed by atoms with Crippen molar-refractivity contribution in [2.75, 3.05) is 40.0 Å². The van der Waals surface area contributed by atoms with Gasteiger partial charge in [-0.3, -0.25) is 4.90 Å². The number of aliphatic hydroxyl groups excluding tert-OH is 1. The highest BCUT2D eigenvalue weighted by molar-refractivity contribution is 5.31. The Balaban J connectivity index is 1.78. The van der Waals surface area contributed by atoms with Crippen LogP contribution in [0.3, 0.4) is 0 Å². The molecular weight excluding hydrogens is 256 g/mol. The van der Waals surface area contributed by atoms with Gasteiger partial charge in [0.1, 0.15) is 18.1 Å². The lowest BCUT2D eigenvalue weighted by atomic mass is 10.1. The number of benzene rings is 1. The van der Waals surface area contributed by atoms with E-state index in [0.717, 1.165) is 31.1 Å². The van der Waals surface area contributed by atoms with E-state index in [1.807, 2.05) is 24.3 Å². The second-order valence-electron chi connectivity index (χ2n) is 5.16. The highest BCUT2D eigenvalue weighted by Gasteiger charge is 2.24. The van der Waals surface area contributed by atoms with E-state index < -0.39 is 0 Å². The molecule has 2 atom stereocenters. The first-order valence-corrected chi connectivity index (χ1v) is 7.08. The molecule has 0 amide bonds. The van der Waals surface area contributed by atoms with E-state index >= 15 is 0 Å². The van der Waals surface area contributed by atoms with Crippen LogP contribution in [0.1, 0.15) is 6.92 Å². The van der Waals surface area contributed by atoms with Crippen molar-refractivity contribution in [2.45, 2.75) is 19.0 Å². The fraction of sp³-hybridized carbons (Fsp3) is 0.600. The third-order valence-corrected chi connectivity index (χ3v) is 3.64. The van der Waals surface area contributed by atoms with E-state index in [1.165, 1.54) is 0 Å². The predicted molar refractivity (Wildman–Crippen MR) is 78.4 cm³/mol. The van der Waals surface area contributed by atoms with Crippen LogP contribution in [0.2, 0.25) is 0 Å². The van der Waals surface area contributed by atoms with E-state index in [0.29, 0.717) is 12.6 Å². The van der Waals surface area contributed by atoms with Crippen LogP contribution >= 0.6 is 0 Å². The molecule has 20 heavy (non-hydrogen) atoms. The van der Waals surface area contributed by atoms with Gasteiger partial charge in [0.05, 0.1) is 13.7 Å². The number of rotatable bonds is 6. The molecule has 2 rings (SSSR count). The lowest BCUT2D eigenvalue weighted by molar-refractivity contribution is 0.0718. The summed E-state index contributed by atoms with van der Waals surface area (Å²) in [5.41, 5.74) is 0. The molecule has 0 aromatic heterocycles. The SMILES string of the molecule is COc1ccc(OCCN2CC(C)NCC2CO)cc1. The zero-order valence-electron chi connectivity index (χ0n) is 12.2. The zero-order chi connectivity index (χ0) is 14.4. The molecule has 1 aliphatic rings. The lowest BCUT2D eigenvalue weighted by Gasteiger charge is -2.38. The Morgan fingerprint density at radius 3 is 2.65 bits per heavy atom. The molecule has 1 saturated heterocycles. The number of nitrogens with one attached hydrogen (secondary N) is 1. The van der Waals surface area contributed by atoms with Gasteiger partial charge in [-0.15, -0.1) is 0 Å². The topological polar surface area (TPSA) is 54.0 Å². The number of hydrogen-bond acceptors (Lipinski definition) is 5. The molecule has 0 aliphatic carbocycles. The molecule has 0 spiro atoms. The van der Waals surface area contributed by atoms with Gasteiger partial charge in [0.15, 0.2) is 0 Å². The highest BCUT2D eigenvalue weighted by Crippen LogP contribution is 2.17. The standard InChI is InChI=1S/C15H24N2O3/c1-12-10-17(13(11-18)9-16-12)7-8-20-15-5-3-14(19-2)4-6-15/h3-6,12-13,16,18H,7-11H2,1-2H3. The van der Waals surface area contributed by atoms with Crippen molar-refractivity contribution in [3.8, 4) is 11.5 Å². The Morgan fingerprint density at radius 2 is 2.00 bits per heavy atom. The normalized spacial score (nSPS) is 23.6. The van der Waals surface area contributed by atoms with E-state index in [1.54, 1.807) is 7.11 Å². The summed E-state index contributed by atoms with van der Waals surface area (Å²) < 4.78 is 10.8. The molecule has 5 nitrogen and oxygen atoms in total. The summed E-state index contributed by atoms with van der Waals surface area (Å²) in [6.45, 7) is 5.56. The number of piperazine rings is 1. The van der Waals surface area contributed by atoms with Crippen LogP contribution in [-0.4, -0.2) is 62.0 Å². The van der Waals surface area contributed by atoms with Crippen LogP contribution in [0.5, 0.6) is 11.5 Å². The summed E-state index contributed by atoms with van der Waals surface area (Å²) in [6, 6.07) is 8.23. The molecule has 0 radical (unpaired) electrons. The molecule has 1 heterocycles. The minimum atomic E-state index is 0.183. The van der Waals surface area contributed by atoms with Crippen molar-refractivity contribution >= 4 is 0 Å². The monoisotopic (exact) mass is 280 g/mol. The van der Waals surface area contributed by atoms with Gasteiger partial charge in [-0.05, 0) is 31.2 Å². The van der Waals surface area contributed by atoms with Crippen molar-refractivity contribution in [3.05, 3.63) is 24.3 Å². The van der Waals surface area contributed by atoms with E-state index in [9.17, 15) is 5.11 Å². The van der Waals surface area contributed by atoms with Crippen LogP contribution in [0.15, 0.2) is 24.3 Å².